The van der Waals surface area contributed by atoms with Crippen molar-refractivity contribution >= 4 is 5.97 Å². The quantitative estimate of drug-likeness (QED) is 0.546. The number of hydrogen-bond acceptors (Lipinski definition) is 3. The molecule has 0 aliphatic carbocycles. The largest absolute Gasteiger partial charge is 0.459 e. The molecule has 0 aromatic heterocycles. The fourth-order valence-corrected chi connectivity index (χ4v) is 2.45. The molecule has 3 nitrogen and oxygen atoms in total. The maximum atomic E-state index is 11.5. The van der Waals surface area contributed by atoms with Crippen molar-refractivity contribution in [3.8, 4) is 11.8 Å². The number of carbonyl (C=O) groups excluding carboxylic acids is 1. The summed E-state index contributed by atoms with van der Waals surface area (Å²) in [5, 5.41) is 9.69. The second kappa shape index (κ2) is 11.4. The van der Waals surface area contributed by atoms with E-state index in [2.05, 4.69) is 11.8 Å². The van der Waals surface area contributed by atoms with Crippen LogP contribution < -0.4 is 0 Å². The number of aliphatic hydroxyl groups excluding tert-OH is 1. The third-order valence-electron chi connectivity index (χ3n) is 3.71. The van der Waals surface area contributed by atoms with Gasteiger partial charge in [0.25, 0.3) is 0 Å². The Morgan fingerprint density at radius 1 is 1.05 bits per heavy atom. The maximum Gasteiger partial charge on any atom is 0.331 e. The predicted octanol–water partition coefficient (Wildman–Crippen LogP) is 3.75. The molecule has 0 radical (unpaired) electrons. The number of hydrogen-bond donors (Lipinski definition) is 1. The SMILES string of the molecule is CC1CCCCCCCCCC[C@@H](O)C#C/C=C/C(=O)O1. The summed E-state index contributed by atoms with van der Waals surface area (Å²) in [6.07, 6.45) is 13.3. The minimum atomic E-state index is -0.594. The fourth-order valence-electron chi connectivity index (χ4n) is 2.45. The minimum absolute atomic E-state index is 0.0421. The molecule has 21 heavy (non-hydrogen) atoms. The van der Waals surface area contributed by atoms with Crippen LogP contribution in [-0.4, -0.2) is 23.3 Å². The lowest BCUT2D eigenvalue weighted by atomic mass is 10.0. The van der Waals surface area contributed by atoms with Crippen LogP contribution in [0.25, 0.3) is 0 Å². The van der Waals surface area contributed by atoms with Crippen molar-refractivity contribution < 1.29 is 14.6 Å². The summed E-state index contributed by atoms with van der Waals surface area (Å²) in [4.78, 5) is 11.5. The van der Waals surface area contributed by atoms with E-state index in [4.69, 9.17) is 4.74 Å². The summed E-state index contributed by atoms with van der Waals surface area (Å²) >= 11 is 0. The number of esters is 1. The van der Waals surface area contributed by atoms with Crippen LogP contribution in [0.2, 0.25) is 0 Å². The van der Waals surface area contributed by atoms with E-state index in [9.17, 15) is 9.90 Å². The van der Waals surface area contributed by atoms with E-state index in [1.165, 1.54) is 44.3 Å². The molecule has 0 saturated carbocycles. The Bertz CT molecular complexity index is 376. The van der Waals surface area contributed by atoms with Crippen LogP contribution in [0.3, 0.4) is 0 Å². The van der Waals surface area contributed by atoms with Crippen LogP contribution in [0.15, 0.2) is 12.2 Å². The Labute approximate surface area is 128 Å². The Hall–Kier alpha value is -1.27. The van der Waals surface area contributed by atoms with E-state index in [0.717, 1.165) is 25.7 Å². The number of cyclic esters (lactones) is 1. The zero-order chi connectivity index (χ0) is 15.3. The van der Waals surface area contributed by atoms with Crippen molar-refractivity contribution in [2.45, 2.75) is 83.3 Å². The lowest BCUT2D eigenvalue weighted by molar-refractivity contribution is -0.142. The standard InChI is InChI=1S/C18H28O3/c1-16-12-8-6-4-2-3-5-7-9-13-17(19)14-10-11-15-18(20)21-16/h11,15-17,19H,2-9,12-13H2,1H3/b15-11+/t16?,17-/m1/s1. The molecule has 118 valence electrons. The van der Waals surface area contributed by atoms with E-state index in [0.29, 0.717) is 6.42 Å². The van der Waals surface area contributed by atoms with Gasteiger partial charge < -0.3 is 9.84 Å². The lowest BCUT2D eigenvalue weighted by Gasteiger charge is -2.11. The van der Waals surface area contributed by atoms with Gasteiger partial charge in [-0.2, -0.15) is 0 Å². The third kappa shape index (κ3) is 10.1. The monoisotopic (exact) mass is 292 g/mol. The maximum absolute atomic E-state index is 11.5. The lowest BCUT2D eigenvalue weighted by Crippen LogP contribution is -2.12. The van der Waals surface area contributed by atoms with Crippen molar-refractivity contribution in [2.75, 3.05) is 0 Å². The first kappa shape index (κ1) is 17.8. The first-order chi connectivity index (χ1) is 10.2. The summed E-state index contributed by atoms with van der Waals surface area (Å²) in [6, 6.07) is 0. The highest BCUT2D eigenvalue weighted by atomic mass is 16.5. The van der Waals surface area contributed by atoms with Crippen molar-refractivity contribution in [1.29, 1.82) is 0 Å². The molecule has 0 fully saturated rings. The van der Waals surface area contributed by atoms with E-state index >= 15 is 0 Å². The van der Waals surface area contributed by atoms with Crippen LogP contribution in [0.4, 0.5) is 0 Å². The van der Waals surface area contributed by atoms with Gasteiger partial charge in [0.2, 0.25) is 0 Å². The summed E-state index contributed by atoms with van der Waals surface area (Å²) < 4.78 is 5.27. The first-order valence-corrected chi connectivity index (χ1v) is 8.25. The predicted molar refractivity (Wildman–Crippen MR) is 84.6 cm³/mol. The van der Waals surface area contributed by atoms with Crippen molar-refractivity contribution in [3.05, 3.63) is 12.2 Å². The molecule has 1 N–H and O–H groups in total. The highest BCUT2D eigenvalue weighted by molar-refractivity contribution is 5.82. The van der Waals surface area contributed by atoms with Gasteiger partial charge in [-0.1, -0.05) is 50.4 Å². The van der Waals surface area contributed by atoms with Gasteiger partial charge in [-0.25, -0.2) is 4.79 Å². The summed E-state index contributed by atoms with van der Waals surface area (Å²) in [5.41, 5.74) is 0. The molecule has 0 saturated heterocycles. The minimum Gasteiger partial charge on any atom is -0.459 e. The molecular weight excluding hydrogens is 264 g/mol. The van der Waals surface area contributed by atoms with Gasteiger partial charge in [0.05, 0.1) is 6.10 Å². The number of rotatable bonds is 0. The number of carbonyl (C=O) groups is 1. The second-order valence-electron chi connectivity index (χ2n) is 5.79. The van der Waals surface area contributed by atoms with Gasteiger partial charge in [0.15, 0.2) is 0 Å². The number of allylic oxidation sites excluding steroid dienone is 1. The zero-order valence-electron chi connectivity index (χ0n) is 13.1. The van der Waals surface area contributed by atoms with Crippen LogP contribution in [0.5, 0.6) is 0 Å². The smallest absolute Gasteiger partial charge is 0.331 e. The normalized spacial score (nSPS) is 28.4. The molecule has 0 aromatic rings. The van der Waals surface area contributed by atoms with Gasteiger partial charge in [0.1, 0.15) is 6.10 Å². The van der Waals surface area contributed by atoms with Crippen LogP contribution in [-0.2, 0) is 9.53 Å². The van der Waals surface area contributed by atoms with E-state index < -0.39 is 6.10 Å². The van der Waals surface area contributed by atoms with Crippen LogP contribution in [0.1, 0.15) is 71.1 Å². The fraction of sp³-hybridized carbons (Fsp3) is 0.722. The number of aliphatic hydroxyl groups is 1. The third-order valence-corrected chi connectivity index (χ3v) is 3.71. The molecule has 0 aromatic carbocycles. The van der Waals surface area contributed by atoms with Crippen LogP contribution in [0, 0.1) is 11.8 Å². The molecule has 0 bridgehead atoms. The van der Waals surface area contributed by atoms with Crippen molar-refractivity contribution in [2.24, 2.45) is 0 Å². The molecule has 1 heterocycles. The average Bonchev–Trinajstić information content (AvgIpc) is 2.44. The molecule has 0 amide bonds. The molecule has 3 heteroatoms. The van der Waals surface area contributed by atoms with E-state index in [-0.39, 0.29) is 12.1 Å². The zero-order valence-corrected chi connectivity index (χ0v) is 13.1. The second-order valence-corrected chi connectivity index (χ2v) is 5.79. The summed E-state index contributed by atoms with van der Waals surface area (Å²) in [7, 11) is 0. The van der Waals surface area contributed by atoms with Gasteiger partial charge in [-0.05, 0) is 38.7 Å². The average molecular weight is 292 g/mol. The van der Waals surface area contributed by atoms with Crippen LogP contribution >= 0.6 is 0 Å². The summed E-state index contributed by atoms with van der Waals surface area (Å²) in [5.74, 6) is 5.08. The Morgan fingerprint density at radius 3 is 2.29 bits per heavy atom. The highest BCUT2D eigenvalue weighted by Gasteiger charge is 2.06. The van der Waals surface area contributed by atoms with Gasteiger partial charge >= 0.3 is 5.97 Å². The Balaban J connectivity index is 2.46. The summed E-state index contributed by atoms with van der Waals surface area (Å²) in [6.45, 7) is 1.93. The van der Waals surface area contributed by atoms with Gasteiger partial charge in [0, 0.05) is 6.08 Å². The van der Waals surface area contributed by atoms with E-state index in [1.807, 2.05) is 6.92 Å². The Morgan fingerprint density at radius 2 is 1.62 bits per heavy atom. The topological polar surface area (TPSA) is 46.5 Å². The molecule has 1 aliphatic heterocycles. The molecule has 1 aliphatic rings. The van der Waals surface area contributed by atoms with Crippen molar-refractivity contribution in [3.63, 3.8) is 0 Å². The first-order valence-electron chi connectivity index (χ1n) is 8.25. The Kier molecular flexibility index (Phi) is 9.65. The molecular formula is C18H28O3. The van der Waals surface area contributed by atoms with E-state index in [1.54, 1.807) is 0 Å². The number of ether oxygens (including phenoxy) is 1. The molecule has 1 unspecified atom stereocenters. The van der Waals surface area contributed by atoms with Gasteiger partial charge in [-0.3, -0.25) is 0 Å². The van der Waals surface area contributed by atoms with Crippen molar-refractivity contribution in [1.82, 2.24) is 0 Å². The molecule has 0 spiro atoms. The van der Waals surface area contributed by atoms with Gasteiger partial charge in [-0.15, -0.1) is 0 Å². The molecule has 1 rings (SSSR count). The highest BCUT2D eigenvalue weighted by Crippen LogP contribution is 2.13. The molecule has 2 atom stereocenters.